The molecule has 1 aromatic rings. The molecule has 1 unspecified atom stereocenters. The zero-order valence-corrected chi connectivity index (χ0v) is 9.48. The highest BCUT2D eigenvalue weighted by Gasteiger charge is 2.20. The molecule has 1 atom stereocenters. The number of nitrogens with one attached hydrogen (secondary N) is 1. The van der Waals surface area contributed by atoms with Crippen molar-refractivity contribution in [3.05, 3.63) is 11.6 Å². The number of morpholine rings is 1. The van der Waals surface area contributed by atoms with E-state index in [1.807, 2.05) is 0 Å². The van der Waals surface area contributed by atoms with Gasteiger partial charge in [-0.1, -0.05) is 0 Å². The first-order chi connectivity index (χ1) is 7.93. The first-order valence-corrected chi connectivity index (χ1v) is 6.15. The number of aromatic nitrogens is 3. The minimum Gasteiger partial charge on any atom is -0.379 e. The Morgan fingerprint density at radius 1 is 1.38 bits per heavy atom. The highest BCUT2D eigenvalue weighted by atomic mass is 16.5. The Kier molecular flexibility index (Phi) is 2.88. The standard InChI is InChI=1S/C11H18N4O/c1-2-5-15-10(3-1)13-14-11(15)7-9-8-16-6-4-12-9/h9,12H,1-8H2. The van der Waals surface area contributed by atoms with Crippen LogP contribution in [-0.4, -0.2) is 40.6 Å². The Labute approximate surface area is 95.2 Å². The van der Waals surface area contributed by atoms with Gasteiger partial charge in [-0.15, -0.1) is 10.2 Å². The molecule has 0 spiro atoms. The van der Waals surface area contributed by atoms with Crippen LogP contribution in [0.3, 0.4) is 0 Å². The molecule has 5 heteroatoms. The molecule has 0 aromatic carbocycles. The van der Waals surface area contributed by atoms with E-state index in [2.05, 4.69) is 20.1 Å². The van der Waals surface area contributed by atoms with Crippen LogP contribution in [0.4, 0.5) is 0 Å². The van der Waals surface area contributed by atoms with Crippen molar-refractivity contribution in [2.75, 3.05) is 19.8 Å². The van der Waals surface area contributed by atoms with Gasteiger partial charge in [-0.05, 0) is 12.8 Å². The molecule has 0 aliphatic carbocycles. The SMILES string of the molecule is C1CCn2c(nnc2CC2COCCN2)C1. The second-order valence-electron chi connectivity index (χ2n) is 4.57. The summed E-state index contributed by atoms with van der Waals surface area (Å²) < 4.78 is 7.75. The number of ether oxygens (including phenoxy) is 1. The number of rotatable bonds is 2. The van der Waals surface area contributed by atoms with Crippen molar-refractivity contribution < 1.29 is 4.74 Å². The van der Waals surface area contributed by atoms with Gasteiger partial charge in [-0.2, -0.15) is 0 Å². The van der Waals surface area contributed by atoms with Gasteiger partial charge in [-0.3, -0.25) is 0 Å². The zero-order valence-electron chi connectivity index (χ0n) is 9.48. The molecule has 0 saturated carbocycles. The topological polar surface area (TPSA) is 52.0 Å². The summed E-state index contributed by atoms with van der Waals surface area (Å²) in [6.07, 6.45) is 4.53. The highest BCUT2D eigenvalue weighted by molar-refractivity contribution is 5.01. The van der Waals surface area contributed by atoms with E-state index in [4.69, 9.17) is 4.74 Å². The normalized spacial score (nSPS) is 25.4. The van der Waals surface area contributed by atoms with Crippen molar-refractivity contribution in [3.63, 3.8) is 0 Å². The van der Waals surface area contributed by atoms with E-state index in [1.54, 1.807) is 0 Å². The predicted molar refractivity (Wildman–Crippen MR) is 59.3 cm³/mol. The van der Waals surface area contributed by atoms with Gasteiger partial charge in [-0.25, -0.2) is 0 Å². The first-order valence-electron chi connectivity index (χ1n) is 6.15. The van der Waals surface area contributed by atoms with Crippen molar-refractivity contribution in [2.24, 2.45) is 0 Å². The molecular formula is C11H18N4O. The summed E-state index contributed by atoms with van der Waals surface area (Å²) in [5.74, 6) is 2.29. The first kappa shape index (κ1) is 10.2. The van der Waals surface area contributed by atoms with Crippen LogP contribution < -0.4 is 5.32 Å². The maximum absolute atomic E-state index is 5.45. The number of hydrogen-bond acceptors (Lipinski definition) is 4. The quantitative estimate of drug-likeness (QED) is 0.773. The molecule has 1 saturated heterocycles. The maximum Gasteiger partial charge on any atom is 0.134 e. The van der Waals surface area contributed by atoms with Gasteiger partial charge in [0, 0.05) is 32.0 Å². The largest absolute Gasteiger partial charge is 0.379 e. The van der Waals surface area contributed by atoms with Gasteiger partial charge in [0.15, 0.2) is 0 Å². The molecule has 5 nitrogen and oxygen atoms in total. The van der Waals surface area contributed by atoms with Gasteiger partial charge in [0.05, 0.1) is 13.2 Å². The summed E-state index contributed by atoms with van der Waals surface area (Å²) in [5, 5.41) is 12.0. The van der Waals surface area contributed by atoms with E-state index in [0.29, 0.717) is 6.04 Å². The van der Waals surface area contributed by atoms with Crippen molar-refractivity contribution in [3.8, 4) is 0 Å². The molecule has 2 aliphatic heterocycles. The van der Waals surface area contributed by atoms with E-state index < -0.39 is 0 Å². The van der Waals surface area contributed by atoms with Crippen LogP contribution in [0.2, 0.25) is 0 Å². The fourth-order valence-electron chi connectivity index (χ4n) is 2.49. The van der Waals surface area contributed by atoms with Crippen LogP contribution in [0.1, 0.15) is 24.5 Å². The summed E-state index contributed by atoms with van der Waals surface area (Å²) >= 11 is 0. The molecule has 1 fully saturated rings. The molecule has 0 bridgehead atoms. The van der Waals surface area contributed by atoms with Crippen LogP contribution in [0.15, 0.2) is 0 Å². The summed E-state index contributed by atoms with van der Waals surface area (Å²) in [7, 11) is 0. The predicted octanol–water partition coefficient (Wildman–Crippen LogP) is 0.145. The van der Waals surface area contributed by atoms with Gasteiger partial charge in [0.25, 0.3) is 0 Å². The lowest BCUT2D eigenvalue weighted by atomic mass is 10.1. The van der Waals surface area contributed by atoms with Crippen LogP contribution >= 0.6 is 0 Å². The molecule has 1 aromatic heterocycles. The van der Waals surface area contributed by atoms with Gasteiger partial charge in [0.1, 0.15) is 11.6 Å². The van der Waals surface area contributed by atoms with Crippen LogP contribution in [0, 0.1) is 0 Å². The maximum atomic E-state index is 5.45. The second kappa shape index (κ2) is 4.51. The fourth-order valence-corrected chi connectivity index (χ4v) is 2.49. The van der Waals surface area contributed by atoms with E-state index in [0.717, 1.165) is 50.8 Å². The summed E-state index contributed by atoms with van der Waals surface area (Å²) in [5.41, 5.74) is 0. The van der Waals surface area contributed by atoms with E-state index in [-0.39, 0.29) is 0 Å². The Hall–Kier alpha value is -0.940. The third-order valence-electron chi connectivity index (χ3n) is 3.36. The summed E-state index contributed by atoms with van der Waals surface area (Å²) in [6.45, 7) is 3.66. The third kappa shape index (κ3) is 1.97. The lowest BCUT2D eigenvalue weighted by Gasteiger charge is -2.24. The molecule has 0 amide bonds. The molecule has 16 heavy (non-hydrogen) atoms. The number of nitrogens with zero attached hydrogens (tertiary/aromatic N) is 3. The fraction of sp³-hybridized carbons (Fsp3) is 0.818. The van der Waals surface area contributed by atoms with E-state index in [1.165, 1.54) is 12.8 Å². The van der Waals surface area contributed by atoms with Crippen LogP contribution in [0.5, 0.6) is 0 Å². The van der Waals surface area contributed by atoms with Gasteiger partial charge >= 0.3 is 0 Å². The Morgan fingerprint density at radius 2 is 2.38 bits per heavy atom. The summed E-state index contributed by atoms with van der Waals surface area (Å²) in [6, 6.07) is 0.406. The highest BCUT2D eigenvalue weighted by Crippen LogP contribution is 2.15. The Morgan fingerprint density at radius 3 is 3.25 bits per heavy atom. The molecule has 3 heterocycles. The van der Waals surface area contributed by atoms with E-state index in [9.17, 15) is 0 Å². The average Bonchev–Trinajstić information content (AvgIpc) is 2.74. The zero-order chi connectivity index (χ0) is 10.8. The summed E-state index contributed by atoms with van der Waals surface area (Å²) in [4.78, 5) is 0. The molecule has 1 N–H and O–H groups in total. The van der Waals surface area contributed by atoms with Gasteiger partial charge in [0.2, 0.25) is 0 Å². The smallest absolute Gasteiger partial charge is 0.134 e. The number of aryl methyl sites for hydroxylation is 1. The lowest BCUT2D eigenvalue weighted by molar-refractivity contribution is 0.0760. The van der Waals surface area contributed by atoms with Crippen molar-refractivity contribution >= 4 is 0 Å². The lowest BCUT2D eigenvalue weighted by Crippen LogP contribution is -2.43. The molecule has 3 rings (SSSR count). The minimum absolute atomic E-state index is 0.406. The minimum atomic E-state index is 0.406. The molecular weight excluding hydrogens is 204 g/mol. The van der Waals surface area contributed by atoms with Crippen molar-refractivity contribution in [1.29, 1.82) is 0 Å². The molecule has 88 valence electrons. The van der Waals surface area contributed by atoms with Crippen LogP contribution in [0.25, 0.3) is 0 Å². The number of fused-ring (bicyclic) bond motifs is 1. The third-order valence-corrected chi connectivity index (χ3v) is 3.36. The van der Waals surface area contributed by atoms with E-state index >= 15 is 0 Å². The van der Waals surface area contributed by atoms with Crippen LogP contribution in [-0.2, 0) is 24.1 Å². The second-order valence-corrected chi connectivity index (χ2v) is 4.57. The van der Waals surface area contributed by atoms with Crippen molar-refractivity contribution in [2.45, 2.75) is 38.3 Å². The molecule has 0 radical (unpaired) electrons. The monoisotopic (exact) mass is 222 g/mol. The average molecular weight is 222 g/mol. The van der Waals surface area contributed by atoms with Gasteiger partial charge < -0.3 is 14.6 Å². The Bertz CT molecular complexity index is 357. The van der Waals surface area contributed by atoms with Crippen molar-refractivity contribution in [1.82, 2.24) is 20.1 Å². The number of hydrogen-bond donors (Lipinski definition) is 1. The molecule has 2 aliphatic rings. The Balaban J connectivity index is 1.71.